The summed E-state index contributed by atoms with van der Waals surface area (Å²) in [5.41, 5.74) is 0. The van der Waals surface area contributed by atoms with Crippen molar-refractivity contribution < 1.29 is 136 Å². The van der Waals surface area contributed by atoms with Gasteiger partial charge in [-0.1, -0.05) is 0 Å². The van der Waals surface area contributed by atoms with E-state index in [2.05, 4.69) is 29.6 Å². The fraction of sp³-hybridized carbons (Fsp3) is 0.556. The first-order chi connectivity index (χ1) is 11.1. The molecule has 0 heterocycles. The maximum absolute atomic E-state index is 10.2. The minimum absolute atomic E-state index is 0. The van der Waals surface area contributed by atoms with Crippen molar-refractivity contribution in [3.05, 3.63) is 41.1 Å². The van der Waals surface area contributed by atoms with Gasteiger partial charge in [0.15, 0.2) is 6.20 Å². The van der Waals surface area contributed by atoms with Gasteiger partial charge >= 0.3 is 103 Å². The number of rotatable bonds is 5. The van der Waals surface area contributed by atoms with Crippen LogP contribution in [-0.4, -0.2) is 61.1 Å². The van der Waals surface area contributed by atoms with E-state index in [1.54, 1.807) is 0 Å². The molecule has 0 aliphatic carbocycles. The molecule has 0 aromatic rings. The second-order valence-corrected chi connectivity index (χ2v) is 10.2. The van der Waals surface area contributed by atoms with Crippen LogP contribution in [0.1, 0.15) is 0 Å². The van der Waals surface area contributed by atoms with E-state index in [-0.39, 0.29) is 107 Å². The Bertz CT molecular complexity index is 507. The molecule has 0 aromatic carbocycles. The molecule has 0 radical (unpaired) electrons. The van der Waals surface area contributed by atoms with Crippen LogP contribution in [0.3, 0.4) is 0 Å². The molecule has 0 atom stereocenters. The second kappa shape index (κ2) is 24.9. The topological polar surface area (TPSA) is 173 Å². The molecule has 18 heteroatoms. The zero-order valence-corrected chi connectivity index (χ0v) is 26.2. The first-order valence-electron chi connectivity index (χ1n) is 5.42. The van der Waals surface area contributed by atoms with E-state index in [9.17, 15) is 24.4 Å². The van der Waals surface area contributed by atoms with E-state index >= 15 is 0 Å². The van der Waals surface area contributed by atoms with Gasteiger partial charge in [-0.15, -0.1) is 27.9 Å². The molecule has 11 nitrogen and oxygen atoms in total. The van der Waals surface area contributed by atoms with E-state index < -0.39 is 19.5 Å². The van der Waals surface area contributed by atoms with Crippen LogP contribution in [0.25, 0.3) is 0 Å². The van der Waals surface area contributed by atoms with Gasteiger partial charge in [0.25, 0.3) is 6.20 Å². The van der Waals surface area contributed by atoms with E-state index in [0.29, 0.717) is 6.20 Å². The minimum Gasteiger partial charge on any atom is -0.802 e. The maximum Gasteiger partial charge on any atom is 1.00 e. The molecule has 0 amide bonds. The Morgan fingerprint density at radius 2 is 1.30 bits per heavy atom. The molecule has 0 fully saturated rings. The predicted molar refractivity (Wildman–Crippen MR) is 106 cm³/mol. The number of nitro groups is 2. The van der Waals surface area contributed by atoms with Crippen LogP contribution in [0.5, 0.6) is 0 Å². The van der Waals surface area contributed by atoms with Crippen molar-refractivity contribution in [1.29, 1.82) is 0 Å². The molecular formula is C9H20K2N2O9S5. The van der Waals surface area contributed by atoms with E-state index in [1.807, 2.05) is 12.5 Å². The average molecular weight is 539 g/mol. The Hall–Kier alpha value is 2.68. The third-order valence-electron chi connectivity index (χ3n) is 1.04. The number of thioether (sulfide) groups is 2. The van der Waals surface area contributed by atoms with Gasteiger partial charge < -0.3 is 34.9 Å². The normalized spacial score (nSPS) is 9.70. The Morgan fingerprint density at radius 3 is 1.33 bits per heavy atom. The molecular weight excluding hydrogens is 519 g/mol. The van der Waals surface area contributed by atoms with Gasteiger partial charge in [0.05, 0.1) is 9.85 Å². The van der Waals surface area contributed by atoms with Crippen LogP contribution in [-0.2, 0) is 39.2 Å². The van der Waals surface area contributed by atoms with Gasteiger partial charge in [-0.05, 0) is 12.5 Å². The van der Waals surface area contributed by atoms with Crippen LogP contribution in [0.2, 0.25) is 0 Å². The summed E-state index contributed by atoms with van der Waals surface area (Å²) < 4.78 is 22.4. The molecule has 152 valence electrons. The summed E-state index contributed by atoms with van der Waals surface area (Å²) in [6.07, 6.45) is 7.03. The van der Waals surface area contributed by atoms with Crippen molar-refractivity contribution in [3.8, 4) is 0 Å². The zero-order valence-electron chi connectivity index (χ0n) is 15.9. The van der Waals surface area contributed by atoms with Crippen LogP contribution in [0, 0.1) is 20.2 Å². The van der Waals surface area contributed by atoms with E-state index in [1.165, 1.54) is 23.5 Å². The van der Waals surface area contributed by atoms with Crippen LogP contribution in [0.4, 0.5) is 0 Å². The second-order valence-electron chi connectivity index (χ2n) is 3.61. The maximum atomic E-state index is 10.2. The molecule has 0 aliphatic rings. The molecule has 0 aliphatic heterocycles. The Balaban J connectivity index is -0.0000000569. The molecule has 0 unspecified atom stereocenters. The molecule has 0 bridgehead atoms. The summed E-state index contributed by atoms with van der Waals surface area (Å²) in [6.45, 7) is 0. The summed E-state index contributed by atoms with van der Waals surface area (Å²) in [5, 5.41) is 33.9. The van der Waals surface area contributed by atoms with Gasteiger partial charge in [0.1, 0.15) is 13.9 Å². The summed E-state index contributed by atoms with van der Waals surface area (Å²) in [5.74, 6) is 0. The van der Waals surface area contributed by atoms with Crippen molar-refractivity contribution in [1.82, 2.24) is 0 Å². The molecule has 0 saturated carbocycles. The summed E-state index contributed by atoms with van der Waals surface area (Å²) in [6, 6.07) is 0. The van der Waals surface area contributed by atoms with Crippen molar-refractivity contribution in [3.63, 3.8) is 0 Å². The van der Waals surface area contributed by atoms with Crippen molar-refractivity contribution in [2.75, 3.05) is 32.1 Å². The molecule has 3 N–H and O–H groups in total. The minimum atomic E-state index is -4.06. The number of nitrogens with zero attached hydrogens (tertiary/aromatic N) is 2. The van der Waals surface area contributed by atoms with Gasteiger partial charge in [-0.25, -0.2) is 9.47 Å². The van der Waals surface area contributed by atoms with Crippen molar-refractivity contribution >= 4 is 58.4 Å². The SMILES string of the molecule is CO.CS(C)(=O)(O)OO.CSC(=C[N+](=O)[O-])SC.O=[N+]([O-])C=C([S-])[S-].[K+].[K+]. The fourth-order valence-corrected chi connectivity index (χ4v) is 1.58. The monoisotopic (exact) mass is 538 g/mol. The Kier molecular flexibility index (Phi) is 40.2. The molecule has 0 saturated heterocycles. The van der Waals surface area contributed by atoms with Gasteiger partial charge in [-0.3, -0.25) is 24.5 Å². The van der Waals surface area contributed by atoms with Gasteiger partial charge in [-0.2, -0.15) is 0 Å². The van der Waals surface area contributed by atoms with Crippen molar-refractivity contribution in [2.24, 2.45) is 0 Å². The molecule has 0 spiro atoms. The van der Waals surface area contributed by atoms with E-state index in [4.69, 9.17) is 14.9 Å². The van der Waals surface area contributed by atoms with E-state index in [0.717, 1.165) is 30.1 Å². The van der Waals surface area contributed by atoms with Crippen LogP contribution in [0.15, 0.2) is 20.9 Å². The Morgan fingerprint density at radius 1 is 1.04 bits per heavy atom. The molecule has 0 rings (SSSR count). The van der Waals surface area contributed by atoms with Crippen LogP contribution < -0.4 is 103 Å². The van der Waals surface area contributed by atoms with Gasteiger partial charge in [0, 0.05) is 19.6 Å². The number of hydrogen-bond acceptors (Lipinski definition) is 12. The molecule has 0 aromatic heterocycles. The number of hydrogen-bond donors (Lipinski definition) is 3. The van der Waals surface area contributed by atoms with Crippen molar-refractivity contribution in [2.45, 2.75) is 0 Å². The smallest absolute Gasteiger partial charge is 0.802 e. The zero-order chi connectivity index (χ0) is 21.3. The third-order valence-corrected chi connectivity index (χ3v) is 3.69. The first kappa shape index (κ1) is 43.5. The largest absolute Gasteiger partial charge is 1.00 e. The number of aliphatic hydroxyl groups is 1. The molecule has 27 heavy (non-hydrogen) atoms. The quantitative estimate of drug-likeness (QED) is 0.101. The summed E-state index contributed by atoms with van der Waals surface area (Å²) in [4.78, 5) is 18.1. The van der Waals surface area contributed by atoms with Gasteiger partial charge in [0.2, 0.25) is 0 Å². The summed E-state index contributed by atoms with van der Waals surface area (Å²) in [7, 11) is -3.06. The average Bonchev–Trinajstić information content (AvgIpc) is 2.45. The van der Waals surface area contributed by atoms with Crippen LogP contribution >= 0.6 is 23.5 Å². The number of aliphatic hydroxyl groups excluding tert-OH is 1. The third kappa shape index (κ3) is 58.5. The standard InChI is InChI=1S/C4H7NO2S2.C2H3NO2S2.C2H8O4S.CH4O.2K/c1-8-4(9-2)3-5(6)7;4-3(5)1-2(6)7;1-7(2,4,5)6-3;1-2;;/h3H,1-2H3;1,6-7H;3H,1-2H3,(H,4,5);2H,1H3;;/q;;;;2*+1/p-2. The fourth-order valence-electron chi connectivity index (χ4n) is 0.361. The Labute approximate surface area is 262 Å². The summed E-state index contributed by atoms with van der Waals surface area (Å²) >= 11 is 11.1. The predicted octanol–water partition coefficient (Wildman–Crippen LogP) is -4.50. The first-order valence-corrected chi connectivity index (χ1v) is 11.4.